The Bertz CT molecular complexity index is 677. The van der Waals surface area contributed by atoms with Crippen LogP contribution in [0.15, 0.2) is 48.1 Å². The smallest absolute Gasteiger partial charge is 0.164 e. The van der Waals surface area contributed by atoms with Crippen molar-refractivity contribution in [3.05, 3.63) is 53.6 Å². The first-order chi connectivity index (χ1) is 13.4. The van der Waals surface area contributed by atoms with E-state index in [4.69, 9.17) is 23.7 Å². The minimum absolute atomic E-state index is 0.0256. The van der Waals surface area contributed by atoms with Crippen LogP contribution in [0.2, 0.25) is 0 Å². The molecule has 1 aromatic carbocycles. The van der Waals surface area contributed by atoms with E-state index in [9.17, 15) is 0 Å². The molecule has 2 aliphatic heterocycles. The molecule has 5 nitrogen and oxygen atoms in total. The zero-order chi connectivity index (χ0) is 20.0. The Balaban J connectivity index is 1.47. The number of ether oxygens (including phenoxy) is 5. The minimum Gasteiger partial charge on any atom is -0.497 e. The number of hydrogen-bond donors (Lipinski definition) is 0. The molecule has 3 atom stereocenters. The lowest BCUT2D eigenvalue weighted by molar-refractivity contribution is -0.144. The van der Waals surface area contributed by atoms with Gasteiger partial charge in [-0.15, -0.1) is 0 Å². The molecule has 5 heteroatoms. The largest absolute Gasteiger partial charge is 0.497 e. The Labute approximate surface area is 168 Å². The Hall–Kier alpha value is -1.66. The van der Waals surface area contributed by atoms with E-state index in [1.54, 1.807) is 7.11 Å². The molecule has 2 aliphatic rings. The summed E-state index contributed by atoms with van der Waals surface area (Å²) >= 11 is 0. The summed E-state index contributed by atoms with van der Waals surface area (Å²) in [5.74, 6) is 0.267. The third-order valence-corrected chi connectivity index (χ3v) is 4.98. The van der Waals surface area contributed by atoms with Gasteiger partial charge in [0.05, 0.1) is 32.5 Å². The van der Waals surface area contributed by atoms with E-state index < -0.39 is 5.79 Å². The summed E-state index contributed by atoms with van der Waals surface area (Å²) in [5.41, 5.74) is 2.49. The van der Waals surface area contributed by atoms with Crippen LogP contribution in [-0.4, -0.2) is 44.4 Å². The highest BCUT2D eigenvalue weighted by atomic mass is 16.7. The molecule has 1 aromatic rings. The molecule has 0 aliphatic carbocycles. The molecule has 3 rings (SSSR count). The van der Waals surface area contributed by atoms with Crippen LogP contribution < -0.4 is 4.74 Å². The zero-order valence-electron chi connectivity index (χ0n) is 17.4. The van der Waals surface area contributed by atoms with E-state index >= 15 is 0 Å². The van der Waals surface area contributed by atoms with Crippen molar-refractivity contribution >= 4 is 0 Å². The van der Waals surface area contributed by atoms with Crippen molar-refractivity contribution in [2.24, 2.45) is 0 Å². The van der Waals surface area contributed by atoms with Crippen molar-refractivity contribution in [1.82, 2.24) is 0 Å². The van der Waals surface area contributed by atoms with Crippen LogP contribution >= 0.6 is 0 Å². The summed E-state index contributed by atoms with van der Waals surface area (Å²) in [5, 5.41) is 0. The van der Waals surface area contributed by atoms with E-state index in [1.165, 1.54) is 5.57 Å². The predicted octanol–water partition coefficient (Wildman–Crippen LogP) is 4.41. The topological polar surface area (TPSA) is 46.2 Å². The van der Waals surface area contributed by atoms with Gasteiger partial charge in [0, 0.05) is 6.61 Å². The lowest BCUT2D eigenvalue weighted by Gasteiger charge is -2.20. The molecule has 28 heavy (non-hydrogen) atoms. The molecule has 0 saturated carbocycles. The summed E-state index contributed by atoms with van der Waals surface area (Å²) in [4.78, 5) is 0. The van der Waals surface area contributed by atoms with E-state index in [1.807, 2.05) is 38.1 Å². The number of methoxy groups -OCH3 is 1. The van der Waals surface area contributed by atoms with Crippen LogP contribution in [0.3, 0.4) is 0 Å². The van der Waals surface area contributed by atoms with Gasteiger partial charge in [0.25, 0.3) is 0 Å². The quantitative estimate of drug-likeness (QED) is 0.487. The molecular weight excluding hydrogens is 356 g/mol. The van der Waals surface area contributed by atoms with E-state index in [0.29, 0.717) is 19.8 Å². The average Bonchev–Trinajstić information content (AvgIpc) is 2.98. The van der Waals surface area contributed by atoms with Crippen LogP contribution in [0, 0.1) is 0 Å². The van der Waals surface area contributed by atoms with Crippen LogP contribution in [-0.2, 0) is 25.6 Å². The number of hydrogen-bond acceptors (Lipinski definition) is 5. The molecule has 0 unspecified atom stereocenters. The first-order valence-corrected chi connectivity index (χ1v) is 9.97. The van der Waals surface area contributed by atoms with Gasteiger partial charge in [-0.05, 0) is 51.3 Å². The highest BCUT2D eigenvalue weighted by Gasteiger charge is 2.39. The van der Waals surface area contributed by atoms with Gasteiger partial charge in [-0.3, -0.25) is 0 Å². The van der Waals surface area contributed by atoms with Gasteiger partial charge in [-0.25, -0.2) is 0 Å². The third-order valence-electron chi connectivity index (χ3n) is 4.98. The molecule has 0 spiro atoms. The summed E-state index contributed by atoms with van der Waals surface area (Å²) in [6.45, 7) is 7.92. The van der Waals surface area contributed by atoms with E-state index in [2.05, 4.69) is 25.2 Å². The Kier molecular flexibility index (Phi) is 7.30. The van der Waals surface area contributed by atoms with Crippen molar-refractivity contribution in [1.29, 1.82) is 0 Å². The molecule has 1 fully saturated rings. The Morgan fingerprint density at radius 1 is 1.14 bits per heavy atom. The Morgan fingerprint density at radius 2 is 1.93 bits per heavy atom. The second-order valence-electron chi connectivity index (χ2n) is 7.84. The lowest BCUT2D eigenvalue weighted by Crippen LogP contribution is -2.23. The van der Waals surface area contributed by atoms with Gasteiger partial charge in [0.1, 0.15) is 11.9 Å². The second-order valence-corrected chi connectivity index (χ2v) is 7.84. The maximum Gasteiger partial charge on any atom is 0.164 e. The van der Waals surface area contributed by atoms with Gasteiger partial charge in [0.2, 0.25) is 0 Å². The zero-order valence-corrected chi connectivity index (χ0v) is 17.4. The molecule has 0 radical (unpaired) electrons. The van der Waals surface area contributed by atoms with Gasteiger partial charge in [-0.1, -0.05) is 35.9 Å². The first-order valence-electron chi connectivity index (χ1n) is 9.97. The van der Waals surface area contributed by atoms with Crippen molar-refractivity contribution in [3.63, 3.8) is 0 Å². The van der Waals surface area contributed by atoms with Gasteiger partial charge in [0.15, 0.2) is 5.79 Å². The highest BCUT2D eigenvalue weighted by molar-refractivity contribution is 5.26. The summed E-state index contributed by atoms with van der Waals surface area (Å²) in [6, 6.07) is 7.92. The van der Waals surface area contributed by atoms with Crippen molar-refractivity contribution < 1.29 is 23.7 Å². The molecule has 1 saturated heterocycles. The summed E-state index contributed by atoms with van der Waals surface area (Å²) in [6.07, 6.45) is 8.04. The summed E-state index contributed by atoms with van der Waals surface area (Å²) in [7, 11) is 1.67. The maximum absolute atomic E-state index is 6.08. The van der Waals surface area contributed by atoms with Gasteiger partial charge < -0.3 is 23.7 Å². The third kappa shape index (κ3) is 6.17. The van der Waals surface area contributed by atoms with Crippen LogP contribution in [0.4, 0.5) is 0 Å². The van der Waals surface area contributed by atoms with Crippen molar-refractivity contribution in [2.45, 2.75) is 64.3 Å². The highest BCUT2D eigenvalue weighted by Crippen LogP contribution is 2.31. The Morgan fingerprint density at radius 3 is 2.64 bits per heavy atom. The van der Waals surface area contributed by atoms with Crippen molar-refractivity contribution in [3.8, 4) is 5.75 Å². The van der Waals surface area contributed by atoms with Crippen molar-refractivity contribution in [2.75, 3.05) is 20.3 Å². The number of benzene rings is 1. The molecular formula is C23H32O5. The van der Waals surface area contributed by atoms with E-state index in [0.717, 1.165) is 24.2 Å². The van der Waals surface area contributed by atoms with Crippen LogP contribution in [0.5, 0.6) is 5.75 Å². The molecule has 0 aromatic heterocycles. The molecule has 154 valence electrons. The van der Waals surface area contributed by atoms with Gasteiger partial charge in [-0.2, -0.15) is 0 Å². The van der Waals surface area contributed by atoms with Crippen LogP contribution in [0.25, 0.3) is 0 Å². The minimum atomic E-state index is -0.584. The normalized spacial score (nSPS) is 27.1. The SMILES string of the molecule is COc1ccc(COCC[C@@H]2OC(C)(C)O[C@H]2/C=C/[C@H]2CC(C)=CCO2)cc1. The average molecular weight is 389 g/mol. The summed E-state index contributed by atoms with van der Waals surface area (Å²) < 4.78 is 28.9. The molecule has 0 bridgehead atoms. The lowest BCUT2D eigenvalue weighted by atomic mass is 10.0. The monoisotopic (exact) mass is 388 g/mol. The second kappa shape index (κ2) is 9.70. The predicted molar refractivity (Wildman–Crippen MR) is 108 cm³/mol. The van der Waals surface area contributed by atoms with Gasteiger partial charge >= 0.3 is 0 Å². The van der Waals surface area contributed by atoms with Crippen LogP contribution in [0.1, 0.15) is 39.2 Å². The standard InChI is InChI=1S/C23H32O5/c1-17-11-14-26-20(15-17)9-10-21-22(28-23(2,3)27-21)12-13-25-16-18-5-7-19(24-4)8-6-18/h5-11,20-22H,12-16H2,1-4H3/b10-9+/t20-,21-,22-/m0/s1. The fourth-order valence-corrected chi connectivity index (χ4v) is 3.49. The molecule has 2 heterocycles. The number of rotatable bonds is 8. The molecule has 0 amide bonds. The first kappa shape index (κ1) is 21.1. The maximum atomic E-state index is 6.08. The molecule has 0 N–H and O–H groups in total. The van der Waals surface area contributed by atoms with E-state index in [-0.39, 0.29) is 18.3 Å². The fourth-order valence-electron chi connectivity index (χ4n) is 3.49. The fraction of sp³-hybridized carbons (Fsp3) is 0.565.